The predicted octanol–water partition coefficient (Wildman–Crippen LogP) is 2.82. The van der Waals surface area contributed by atoms with Gasteiger partial charge in [0, 0.05) is 37.9 Å². The molecule has 2 aliphatic rings. The van der Waals surface area contributed by atoms with Gasteiger partial charge in [-0.15, -0.1) is 0 Å². The molecule has 1 aliphatic carbocycles. The lowest BCUT2D eigenvalue weighted by molar-refractivity contribution is 0.187. The Kier molecular flexibility index (Phi) is 4.96. The Bertz CT molecular complexity index is 430. The quantitative estimate of drug-likeness (QED) is 0.838. The third-order valence-corrected chi connectivity index (χ3v) is 5.07. The van der Waals surface area contributed by atoms with Gasteiger partial charge < -0.3 is 5.32 Å². The molecule has 1 aromatic rings. The van der Waals surface area contributed by atoms with Crippen LogP contribution in [0.25, 0.3) is 0 Å². The van der Waals surface area contributed by atoms with Gasteiger partial charge in [0.05, 0.1) is 5.69 Å². The minimum atomic E-state index is 0.510. The van der Waals surface area contributed by atoms with Crippen molar-refractivity contribution in [1.82, 2.24) is 20.0 Å². The molecule has 21 heavy (non-hydrogen) atoms. The zero-order chi connectivity index (χ0) is 14.7. The smallest absolute Gasteiger partial charge is 0.0764 e. The zero-order valence-corrected chi connectivity index (χ0v) is 13.6. The van der Waals surface area contributed by atoms with Crippen LogP contribution in [-0.2, 0) is 6.54 Å². The summed E-state index contributed by atoms with van der Waals surface area (Å²) < 4.78 is 2.11. The average Bonchev–Trinajstić information content (AvgIpc) is 3.23. The molecule has 0 bridgehead atoms. The van der Waals surface area contributed by atoms with Gasteiger partial charge in [-0.05, 0) is 57.6 Å². The van der Waals surface area contributed by atoms with Crippen molar-refractivity contribution in [1.29, 1.82) is 0 Å². The van der Waals surface area contributed by atoms with Crippen LogP contribution in [-0.4, -0.2) is 40.4 Å². The highest BCUT2D eigenvalue weighted by Crippen LogP contribution is 2.28. The van der Waals surface area contributed by atoms with Crippen molar-refractivity contribution in [3.05, 3.63) is 18.0 Å². The molecule has 4 heteroatoms. The predicted molar refractivity (Wildman–Crippen MR) is 86.3 cm³/mol. The minimum Gasteiger partial charge on any atom is -0.314 e. The van der Waals surface area contributed by atoms with Crippen LogP contribution < -0.4 is 5.32 Å². The topological polar surface area (TPSA) is 33.1 Å². The molecule has 3 rings (SSSR count). The lowest BCUT2D eigenvalue weighted by Gasteiger charge is -2.32. The molecular formula is C17H30N4. The van der Waals surface area contributed by atoms with Crippen molar-refractivity contribution < 1.29 is 0 Å². The average molecular weight is 290 g/mol. The fourth-order valence-electron chi connectivity index (χ4n) is 3.07. The summed E-state index contributed by atoms with van der Waals surface area (Å²) in [6, 6.07) is 3.44. The van der Waals surface area contributed by atoms with Crippen LogP contribution in [0.3, 0.4) is 0 Å². The zero-order valence-electron chi connectivity index (χ0n) is 13.6. The fraction of sp³-hybridized carbons (Fsp3) is 0.824. The van der Waals surface area contributed by atoms with Gasteiger partial charge in [0.25, 0.3) is 0 Å². The third-order valence-electron chi connectivity index (χ3n) is 5.07. The van der Waals surface area contributed by atoms with Crippen molar-refractivity contribution in [3.8, 4) is 0 Å². The normalized spacial score (nSPS) is 22.6. The van der Waals surface area contributed by atoms with E-state index < -0.39 is 0 Å². The van der Waals surface area contributed by atoms with Crippen LogP contribution in [0.1, 0.15) is 57.7 Å². The van der Waals surface area contributed by atoms with Gasteiger partial charge in [-0.3, -0.25) is 9.58 Å². The largest absolute Gasteiger partial charge is 0.314 e. The van der Waals surface area contributed by atoms with Crippen LogP contribution >= 0.6 is 0 Å². The maximum atomic E-state index is 4.72. The Morgan fingerprint density at radius 2 is 2.05 bits per heavy atom. The molecule has 1 aromatic heterocycles. The fourth-order valence-corrected chi connectivity index (χ4v) is 3.07. The first-order chi connectivity index (χ1) is 10.2. The van der Waals surface area contributed by atoms with Gasteiger partial charge in [-0.25, -0.2) is 0 Å². The highest BCUT2D eigenvalue weighted by atomic mass is 15.3. The number of piperidine rings is 1. The number of nitrogens with one attached hydrogen (secondary N) is 1. The number of rotatable bonds is 7. The molecule has 1 unspecified atom stereocenters. The number of hydrogen-bond donors (Lipinski definition) is 1. The molecule has 4 nitrogen and oxygen atoms in total. The Morgan fingerprint density at radius 1 is 1.29 bits per heavy atom. The van der Waals surface area contributed by atoms with E-state index in [1.807, 2.05) is 0 Å². The van der Waals surface area contributed by atoms with E-state index in [2.05, 4.69) is 41.0 Å². The molecule has 2 heterocycles. The third kappa shape index (κ3) is 4.30. The first-order valence-corrected chi connectivity index (χ1v) is 8.74. The molecule has 1 aliphatic heterocycles. The SMILES string of the molecule is CCC(C)n1ccc(CN2CCC(NCC3CC3)CC2)n1. The maximum absolute atomic E-state index is 4.72. The second-order valence-corrected chi connectivity index (χ2v) is 6.95. The van der Waals surface area contributed by atoms with Crippen LogP contribution in [0.4, 0.5) is 0 Å². The Morgan fingerprint density at radius 3 is 2.71 bits per heavy atom. The molecule has 2 fully saturated rings. The summed E-state index contributed by atoms with van der Waals surface area (Å²) in [7, 11) is 0. The van der Waals surface area contributed by atoms with Crippen molar-refractivity contribution in [2.75, 3.05) is 19.6 Å². The van der Waals surface area contributed by atoms with Gasteiger partial charge in [0.15, 0.2) is 0 Å². The van der Waals surface area contributed by atoms with E-state index in [0.717, 1.165) is 24.9 Å². The Hall–Kier alpha value is -0.870. The monoisotopic (exact) mass is 290 g/mol. The Labute approximate surface area is 128 Å². The van der Waals surface area contributed by atoms with Crippen LogP contribution in [0, 0.1) is 5.92 Å². The number of likely N-dealkylation sites (tertiary alicyclic amines) is 1. The van der Waals surface area contributed by atoms with E-state index in [1.54, 1.807) is 0 Å². The van der Waals surface area contributed by atoms with E-state index in [9.17, 15) is 0 Å². The van der Waals surface area contributed by atoms with E-state index in [1.165, 1.54) is 51.0 Å². The number of hydrogen-bond acceptors (Lipinski definition) is 3. The molecule has 0 radical (unpaired) electrons. The van der Waals surface area contributed by atoms with E-state index >= 15 is 0 Å². The molecule has 1 atom stereocenters. The van der Waals surface area contributed by atoms with Crippen molar-refractivity contribution >= 4 is 0 Å². The summed E-state index contributed by atoms with van der Waals surface area (Å²) >= 11 is 0. The lowest BCUT2D eigenvalue weighted by Crippen LogP contribution is -2.42. The van der Waals surface area contributed by atoms with Gasteiger partial charge in [-0.1, -0.05) is 6.92 Å². The van der Waals surface area contributed by atoms with Crippen LogP contribution in [0.15, 0.2) is 12.3 Å². The molecule has 1 N–H and O–H groups in total. The second-order valence-electron chi connectivity index (χ2n) is 6.95. The molecule has 0 spiro atoms. The second kappa shape index (κ2) is 6.93. The molecule has 0 amide bonds. The summed E-state index contributed by atoms with van der Waals surface area (Å²) in [5, 5.41) is 8.47. The first-order valence-electron chi connectivity index (χ1n) is 8.74. The highest BCUT2D eigenvalue weighted by Gasteiger charge is 2.24. The van der Waals surface area contributed by atoms with Crippen molar-refractivity contribution in [2.45, 2.75) is 64.6 Å². The summed E-state index contributed by atoms with van der Waals surface area (Å²) in [5.41, 5.74) is 1.22. The standard InChI is InChI=1S/C17H30N4/c1-3-14(2)21-11-8-17(19-21)13-20-9-6-16(7-10-20)18-12-15-4-5-15/h8,11,14-16,18H,3-7,9-10,12-13H2,1-2H3. The van der Waals surface area contributed by atoms with E-state index in [0.29, 0.717) is 6.04 Å². The van der Waals surface area contributed by atoms with E-state index in [-0.39, 0.29) is 0 Å². The van der Waals surface area contributed by atoms with Crippen LogP contribution in [0.5, 0.6) is 0 Å². The molecule has 1 saturated carbocycles. The summed E-state index contributed by atoms with van der Waals surface area (Å²) in [6.45, 7) is 9.12. The van der Waals surface area contributed by atoms with Crippen molar-refractivity contribution in [2.24, 2.45) is 5.92 Å². The van der Waals surface area contributed by atoms with Crippen molar-refractivity contribution in [3.63, 3.8) is 0 Å². The summed E-state index contributed by atoms with van der Waals surface area (Å²) in [4.78, 5) is 2.55. The van der Waals surface area contributed by atoms with E-state index in [4.69, 9.17) is 5.10 Å². The molecule has 1 saturated heterocycles. The maximum Gasteiger partial charge on any atom is 0.0764 e. The number of aromatic nitrogens is 2. The minimum absolute atomic E-state index is 0.510. The van der Waals surface area contributed by atoms with Gasteiger partial charge >= 0.3 is 0 Å². The first kappa shape index (κ1) is 15.0. The molecular weight excluding hydrogens is 260 g/mol. The molecule has 0 aromatic carbocycles. The Balaban J connectivity index is 1.41. The van der Waals surface area contributed by atoms with Gasteiger partial charge in [0.2, 0.25) is 0 Å². The van der Waals surface area contributed by atoms with Gasteiger partial charge in [0.1, 0.15) is 0 Å². The lowest BCUT2D eigenvalue weighted by atomic mass is 10.0. The van der Waals surface area contributed by atoms with Gasteiger partial charge in [-0.2, -0.15) is 5.10 Å². The summed E-state index contributed by atoms with van der Waals surface area (Å²) in [6.07, 6.45) is 8.75. The number of nitrogens with zero attached hydrogens (tertiary/aromatic N) is 3. The summed E-state index contributed by atoms with van der Waals surface area (Å²) in [5.74, 6) is 0.993. The highest BCUT2D eigenvalue weighted by molar-refractivity contribution is 5.00. The molecule has 118 valence electrons. The van der Waals surface area contributed by atoms with Crippen LogP contribution in [0.2, 0.25) is 0 Å².